The molecule has 14 heavy (non-hydrogen) atoms. The molecule has 0 aromatic heterocycles. The normalized spacial score (nSPS) is 30.0. The number of hydrogen-bond donors (Lipinski definition) is 0. The van der Waals surface area contributed by atoms with Crippen molar-refractivity contribution in [1.29, 1.82) is 0 Å². The third-order valence-electron chi connectivity index (χ3n) is 2.33. The molecule has 2 rings (SSSR count). The number of nitro groups is 1. The van der Waals surface area contributed by atoms with Crippen LogP contribution in [0.5, 0.6) is 0 Å². The number of hydrogen-bond acceptors (Lipinski definition) is 2. The summed E-state index contributed by atoms with van der Waals surface area (Å²) < 4.78 is 13.0. The highest BCUT2D eigenvalue weighted by Crippen LogP contribution is 2.57. The minimum Gasteiger partial charge on any atom is -0.258 e. The van der Waals surface area contributed by atoms with Gasteiger partial charge in [0.2, 0.25) is 0 Å². The number of non-ortho nitro benzene ring substituents is 1. The highest BCUT2D eigenvalue weighted by atomic mass is 35.5. The zero-order valence-corrected chi connectivity index (χ0v) is 7.87. The van der Waals surface area contributed by atoms with E-state index in [0.717, 1.165) is 0 Å². The summed E-state index contributed by atoms with van der Waals surface area (Å²) in [5.74, 6) is -0.315. The van der Waals surface area contributed by atoms with Crippen LogP contribution in [0, 0.1) is 10.1 Å². The van der Waals surface area contributed by atoms with Gasteiger partial charge in [-0.05, 0) is 5.56 Å². The molecule has 0 heterocycles. The average molecular weight is 216 g/mol. The van der Waals surface area contributed by atoms with Crippen molar-refractivity contribution in [2.45, 2.75) is 17.5 Å². The van der Waals surface area contributed by atoms with E-state index in [1.807, 2.05) is 0 Å². The Labute approximate surface area is 84.6 Å². The van der Waals surface area contributed by atoms with E-state index in [9.17, 15) is 14.5 Å². The molecule has 0 saturated heterocycles. The molecule has 0 unspecified atom stereocenters. The smallest absolute Gasteiger partial charge is 0.258 e. The average Bonchev–Trinajstić information content (AvgIpc) is 2.75. The predicted molar refractivity (Wildman–Crippen MR) is 50.1 cm³/mol. The van der Waals surface area contributed by atoms with Crippen molar-refractivity contribution in [1.82, 2.24) is 0 Å². The van der Waals surface area contributed by atoms with E-state index >= 15 is 0 Å². The lowest BCUT2D eigenvalue weighted by molar-refractivity contribution is -0.384. The van der Waals surface area contributed by atoms with Crippen LogP contribution >= 0.6 is 11.6 Å². The van der Waals surface area contributed by atoms with Gasteiger partial charge in [-0.25, -0.2) is 4.39 Å². The highest BCUT2D eigenvalue weighted by Gasteiger charge is 2.54. The Hall–Kier alpha value is -1.16. The molecule has 0 aliphatic heterocycles. The van der Waals surface area contributed by atoms with Crippen LogP contribution < -0.4 is 0 Å². The molecule has 3 nitrogen and oxygen atoms in total. The number of alkyl halides is 2. The standard InChI is InChI=1S/C9H7ClFNO2/c10-9(11)5-8(9)6-1-3-7(4-2-6)12(13)14/h1-4,8H,5H2/t8-,9-/m0/s1. The maximum Gasteiger partial charge on any atom is 0.269 e. The maximum atomic E-state index is 13.0. The highest BCUT2D eigenvalue weighted by molar-refractivity contribution is 6.25. The van der Waals surface area contributed by atoms with Crippen LogP contribution in [0.25, 0.3) is 0 Å². The third kappa shape index (κ3) is 1.57. The van der Waals surface area contributed by atoms with Gasteiger partial charge in [-0.15, -0.1) is 0 Å². The molecular formula is C9H7ClFNO2. The lowest BCUT2D eigenvalue weighted by atomic mass is 10.1. The van der Waals surface area contributed by atoms with Gasteiger partial charge in [-0.1, -0.05) is 23.7 Å². The van der Waals surface area contributed by atoms with Crippen LogP contribution in [0.1, 0.15) is 17.9 Å². The van der Waals surface area contributed by atoms with E-state index in [2.05, 4.69) is 0 Å². The number of benzene rings is 1. The van der Waals surface area contributed by atoms with Crippen molar-refractivity contribution >= 4 is 17.3 Å². The quantitative estimate of drug-likeness (QED) is 0.432. The predicted octanol–water partition coefficient (Wildman–Crippen LogP) is 2.99. The van der Waals surface area contributed by atoms with Crippen molar-refractivity contribution in [3.05, 3.63) is 39.9 Å². The lowest BCUT2D eigenvalue weighted by Crippen LogP contribution is -1.92. The van der Waals surface area contributed by atoms with E-state index in [-0.39, 0.29) is 18.0 Å². The first-order valence-electron chi connectivity index (χ1n) is 4.13. The molecule has 74 valence electrons. The Bertz CT molecular complexity index is 377. The van der Waals surface area contributed by atoms with E-state index in [1.165, 1.54) is 12.1 Å². The summed E-state index contributed by atoms with van der Waals surface area (Å²) in [6.07, 6.45) is 0.284. The van der Waals surface area contributed by atoms with Gasteiger partial charge in [0.05, 0.1) is 4.92 Å². The molecule has 1 aromatic carbocycles. The van der Waals surface area contributed by atoms with Gasteiger partial charge in [-0.3, -0.25) is 10.1 Å². The fourth-order valence-corrected chi connectivity index (χ4v) is 1.68. The molecule has 1 aliphatic carbocycles. The molecule has 0 spiro atoms. The maximum absolute atomic E-state index is 13.0. The molecular weight excluding hydrogens is 209 g/mol. The zero-order chi connectivity index (χ0) is 10.3. The summed E-state index contributed by atoms with van der Waals surface area (Å²) in [7, 11) is 0. The van der Waals surface area contributed by atoms with Gasteiger partial charge in [0.15, 0.2) is 5.13 Å². The zero-order valence-electron chi connectivity index (χ0n) is 7.11. The van der Waals surface area contributed by atoms with Gasteiger partial charge >= 0.3 is 0 Å². The van der Waals surface area contributed by atoms with Crippen LogP contribution in [0.4, 0.5) is 10.1 Å². The molecule has 1 aliphatic rings. The third-order valence-corrected chi connectivity index (χ3v) is 2.75. The van der Waals surface area contributed by atoms with Gasteiger partial charge in [0.25, 0.3) is 5.69 Å². The molecule has 1 saturated carbocycles. The topological polar surface area (TPSA) is 43.1 Å². The van der Waals surface area contributed by atoms with Gasteiger partial charge < -0.3 is 0 Å². The van der Waals surface area contributed by atoms with Gasteiger partial charge in [0, 0.05) is 24.5 Å². The molecule has 2 atom stereocenters. The Morgan fingerprint density at radius 3 is 2.36 bits per heavy atom. The number of halogens is 2. The van der Waals surface area contributed by atoms with E-state index < -0.39 is 10.1 Å². The number of nitro benzene ring substituents is 1. The van der Waals surface area contributed by atoms with Crippen LogP contribution in [0.3, 0.4) is 0 Å². The van der Waals surface area contributed by atoms with E-state index in [1.54, 1.807) is 12.1 Å². The van der Waals surface area contributed by atoms with Gasteiger partial charge in [0.1, 0.15) is 0 Å². The van der Waals surface area contributed by atoms with Crippen molar-refractivity contribution in [2.24, 2.45) is 0 Å². The molecule has 1 aromatic rings. The molecule has 1 fully saturated rings. The number of nitrogens with zero attached hydrogens (tertiary/aromatic N) is 1. The van der Waals surface area contributed by atoms with Crippen molar-refractivity contribution in [3.63, 3.8) is 0 Å². The summed E-state index contributed by atoms with van der Waals surface area (Å²) in [4.78, 5) is 9.84. The summed E-state index contributed by atoms with van der Waals surface area (Å²) >= 11 is 5.44. The molecule has 0 amide bonds. The molecule has 0 N–H and O–H groups in total. The Balaban J connectivity index is 2.20. The fraction of sp³-hybridized carbons (Fsp3) is 0.333. The summed E-state index contributed by atoms with van der Waals surface area (Å²) in [6, 6.07) is 5.82. The van der Waals surface area contributed by atoms with E-state index in [4.69, 9.17) is 11.6 Å². The first-order chi connectivity index (χ1) is 6.50. The fourth-order valence-electron chi connectivity index (χ4n) is 1.40. The summed E-state index contributed by atoms with van der Waals surface area (Å²) in [6.45, 7) is 0. The van der Waals surface area contributed by atoms with Crippen LogP contribution in [0.15, 0.2) is 24.3 Å². The van der Waals surface area contributed by atoms with Crippen molar-refractivity contribution in [3.8, 4) is 0 Å². The molecule has 0 bridgehead atoms. The van der Waals surface area contributed by atoms with Crippen molar-refractivity contribution in [2.75, 3.05) is 0 Å². The first-order valence-corrected chi connectivity index (χ1v) is 4.51. The first kappa shape index (κ1) is 9.40. The minimum atomic E-state index is -1.64. The Kier molecular flexibility index (Phi) is 1.96. The monoisotopic (exact) mass is 215 g/mol. The second kappa shape index (κ2) is 2.92. The van der Waals surface area contributed by atoms with Crippen LogP contribution in [-0.4, -0.2) is 10.1 Å². The lowest BCUT2D eigenvalue weighted by Gasteiger charge is -1.98. The second-order valence-corrected chi connectivity index (χ2v) is 3.99. The molecule has 5 heteroatoms. The van der Waals surface area contributed by atoms with Crippen LogP contribution in [-0.2, 0) is 0 Å². The van der Waals surface area contributed by atoms with Crippen molar-refractivity contribution < 1.29 is 9.31 Å². The van der Waals surface area contributed by atoms with Crippen LogP contribution in [0.2, 0.25) is 0 Å². The Morgan fingerprint density at radius 1 is 1.50 bits per heavy atom. The summed E-state index contributed by atoms with van der Waals surface area (Å²) in [5.41, 5.74) is 0.724. The molecule has 0 radical (unpaired) electrons. The Morgan fingerprint density at radius 2 is 2.00 bits per heavy atom. The SMILES string of the molecule is O=[N+]([O-])c1ccc([C@@H]2C[C@@]2(F)Cl)cc1. The number of rotatable bonds is 2. The van der Waals surface area contributed by atoms with E-state index in [0.29, 0.717) is 5.56 Å². The largest absolute Gasteiger partial charge is 0.269 e. The second-order valence-electron chi connectivity index (χ2n) is 3.37. The minimum absolute atomic E-state index is 0.00781. The summed E-state index contributed by atoms with van der Waals surface area (Å²) in [5, 5.41) is 8.69. The van der Waals surface area contributed by atoms with Gasteiger partial charge in [-0.2, -0.15) is 0 Å².